The van der Waals surface area contributed by atoms with Crippen molar-refractivity contribution in [2.75, 3.05) is 17.6 Å². The first kappa shape index (κ1) is 15.0. The largest absolute Gasteiger partial charge is 0.385 e. The molecule has 0 spiro atoms. The Hall–Kier alpha value is -1.03. The molecule has 1 N–H and O–H groups in total. The van der Waals surface area contributed by atoms with Gasteiger partial charge in [0.1, 0.15) is 0 Å². The van der Waals surface area contributed by atoms with E-state index in [-0.39, 0.29) is 5.75 Å². The maximum absolute atomic E-state index is 11.8. The molecule has 0 amide bonds. The van der Waals surface area contributed by atoms with E-state index in [1.807, 2.05) is 19.1 Å². The lowest BCUT2D eigenvalue weighted by Crippen LogP contribution is -2.07. The van der Waals surface area contributed by atoms with Crippen molar-refractivity contribution in [2.24, 2.45) is 5.92 Å². The monoisotopic (exact) mass is 269 g/mol. The molecule has 4 heteroatoms. The number of rotatable bonds is 7. The van der Waals surface area contributed by atoms with Crippen LogP contribution in [0.4, 0.5) is 5.69 Å². The van der Waals surface area contributed by atoms with Crippen LogP contribution >= 0.6 is 0 Å². The van der Waals surface area contributed by atoms with E-state index in [9.17, 15) is 8.42 Å². The molecule has 0 saturated heterocycles. The summed E-state index contributed by atoms with van der Waals surface area (Å²) in [7, 11) is -3.09. The number of anilines is 1. The second-order valence-corrected chi connectivity index (χ2v) is 7.06. The van der Waals surface area contributed by atoms with E-state index in [2.05, 4.69) is 19.2 Å². The van der Waals surface area contributed by atoms with Crippen LogP contribution in [0.1, 0.15) is 33.6 Å². The van der Waals surface area contributed by atoms with Crippen LogP contribution in [0.5, 0.6) is 0 Å². The number of sulfone groups is 1. The Morgan fingerprint density at radius 3 is 2.28 bits per heavy atom. The Bertz CT molecular complexity index is 449. The molecule has 3 nitrogen and oxygen atoms in total. The van der Waals surface area contributed by atoms with Gasteiger partial charge in [-0.15, -0.1) is 0 Å². The van der Waals surface area contributed by atoms with Crippen LogP contribution < -0.4 is 5.32 Å². The average Bonchev–Trinajstić information content (AvgIpc) is 2.29. The molecule has 102 valence electrons. The molecule has 0 aliphatic carbocycles. The fraction of sp³-hybridized carbons (Fsp3) is 0.571. The van der Waals surface area contributed by atoms with Crippen molar-refractivity contribution in [3.8, 4) is 0 Å². The van der Waals surface area contributed by atoms with Gasteiger partial charge < -0.3 is 5.32 Å². The zero-order chi connectivity index (χ0) is 13.6. The van der Waals surface area contributed by atoms with Crippen LogP contribution in [0.2, 0.25) is 0 Å². The molecule has 0 heterocycles. The van der Waals surface area contributed by atoms with Gasteiger partial charge in [0.15, 0.2) is 9.84 Å². The standard InChI is InChI=1S/C14H23NO2S/c1-4-11-18(16,17)14-7-5-13(6-8-14)15-10-9-12(2)3/h5-8,12,15H,4,9-11H2,1-3H3. The Labute approximate surface area is 111 Å². The van der Waals surface area contributed by atoms with Crippen molar-refractivity contribution >= 4 is 15.5 Å². The lowest BCUT2D eigenvalue weighted by Gasteiger charge is -2.09. The van der Waals surface area contributed by atoms with Gasteiger partial charge in [-0.3, -0.25) is 0 Å². The van der Waals surface area contributed by atoms with E-state index >= 15 is 0 Å². The van der Waals surface area contributed by atoms with Gasteiger partial charge in [-0.05, 0) is 43.0 Å². The first-order valence-corrected chi connectivity index (χ1v) is 8.17. The van der Waals surface area contributed by atoms with Gasteiger partial charge in [0.25, 0.3) is 0 Å². The molecule has 0 aromatic heterocycles. The summed E-state index contributed by atoms with van der Waals surface area (Å²) in [5, 5.41) is 3.29. The number of hydrogen-bond donors (Lipinski definition) is 1. The highest BCUT2D eigenvalue weighted by Crippen LogP contribution is 2.16. The first-order valence-electron chi connectivity index (χ1n) is 6.52. The molecule has 0 aliphatic rings. The van der Waals surface area contributed by atoms with E-state index < -0.39 is 9.84 Å². The summed E-state index contributed by atoms with van der Waals surface area (Å²) < 4.78 is 23.7. The highest BCUT2D eigenvalue weighted by Gasteiger charge is 2.12. The molecule has 0 aliphatic heterocycles. The lowest BCUT2D eigenvalue weighted by atomic mass is 10.1. The predicted molar refractivity (Wildman–Crippen MR) is 76.7 cm³/mol. The summed E-state index contributed by atoms with van der Waals surface area (Å²) in [6.45, 7) is 7.16. The molecular weight excluding hydrogens is 246 g/mol. The van der Waals surface area contributed by atoms with Crippen LogP contribution in [0.15, 0.2) is 29.2 Å². The van der Waals surface area contributed by atoms with Gasteiger partial charge >= 0.3 is 0 Å². The normalized spacial score (nSPS) is 11.8. The minimum absolute atomic E-state index is 0.215. The second-order valence-electron chi connectivity index (χ2n) is 4.95. The molecule has 0 unspecified atom stereocenters. The van der Waals surface area contributed by atoms with Gasteiger partial charge in [0.05, 0.1) is 10.6 Å². The smallest absolute Gasteiger partial charge is 0.178 e. The summed E-state index contributed by atoms with van der Waals surface area (Å²) in [6, 6.07) is 7.04. The summed E-state index contributed by atoms with van der Waals surface area (Å²) in [5.41, 5.74) is 0.978. The summed E-state index contributed by atoms with van der Waals surface area (Å²) in [5.74, 6) is 0.884. The van der Waals surface area contributed by atoms with Crippen LogP contribution in [0.25, 0.3) is 0 Å². The van der Waals surface area contributed by atoms with E-state index in [1.54, 1.807) is 12.1 Å². The van der Waals surface area contributed by atoms with E-state index in [4.69, 9.17) is 0 Å². The van der Waals surface area contributed by atoms with Crippen molar-refractivity contribution in [1.82, 2.24) is 0 Å². The second kappa shape index (κ2) is 6.78. The van der Waals surface area contributed by atoms with E-state index in [0.717, 1.165) is 18.7 Å². The van der Waals surface area contributed by atoms with Crippen molar-refractivity contribution < 1.29 is 8.42 Å². The third-order valence-corrected chi connectivity index (χ3v) is 4.67. The van der Waals surface area contributed by atoms with E-state index in [1.165, 1.54) is 0 Å². The maximum atomic E-state index is 11.8. The average molecular weight is 269 g/mol. The fourth-order valence-electron chi connectivity index (χ4n) is 1.67. The molecule has 0 radical (unpaired) electrons. The predicted octanol–water partition coefficient (Wildman–Crippen LogP) is 3.33. The van der Waals surface area contributed by atoms with Gasteiger partial charge in [-0.25, -0.2) is 8.42 Å². The Morgan fingerprint density at radius 1 is 1.17 bits per heavy atom. The van der Waals surface area contributed by atoms with Crippen LogP contribution in [-0.2, 0) is 9.84 Å². The molecular formula is C14H23NO2S. The molecule has 0 fully saturated rings. The number of hydrogen-bond acceptors (Lipinski definition) is 3. The van der Waals surface area contributed by atoms with Crippen LogP contribution in [0, 0.1) is 5.92 Å². The maximum Gasteiger partial charge on any atom is 0.178 e. The molecule has 18 heavy (non-hydrogen) atoms. The van der Waals surface area contributed by atoms with Gasteiger partial charge in [-0.1, -0.05) is 20.8 Å². The highest BCUT2D eigenvalue weighted by atomic mass is 32.2. The molecule has 1 aromatic rings. The molecule has 1 rings (SSSR count). The SMILES string of the molecule is CCCS(=O)(=O)c1ccc(NCCC(C)C)cc1. The summed E-state index contributed by atoms with van der Waals surface area (Å²) in [6.07, 6.45) is 1.76. The van der Waals surface area contributed by atoms with Crippen LogP contribution in [-0.4, -0.2) is 20.7 Å². The van der Waals surface area contributed by atoms with Crippen molar-refractivity contribution in [3.63, 3.8) is 0 Å². The van der Waals surface area contributed by atoms with E-state index in [0.29, 0.717) is 17.2 Å². The third-order valence-electron chi connectivity index (χ3n) is 2.74. The molecule has 0 bridgehead atoms. The van der Waals surface area contributed by atoms with Crippen molar-refractivity contribution in [1.29, 1.82) is 0 Å². The van der Waals surface area contributed by atoms with Gasteiger partial charge in [-0.2, -0.15) is 0 Å². The number of benzene rings is 1. The summed E-state index contributed by atoms with van der Waals surface area (Å²) >= 11 is 0. The highest BCUT2D eigenvalue weighted by molar-refractivity contribution is 7.91. The molecule has 0 saturated carbocycles. The lowest BCUT2D eigenvalue weighted by molar-refractivity contribution is 0.594. The fourth-order valence-corrected chi connectivity index (χ4v) is 3.00. The zero-order valence-corrected chi connectivity index (χ0v) is 12.3. The van der Waals surface area contributed by atoms with Crippen molar-refractivity contribution in [3.05, 3.63) is 24.3 Å². The third kappa shape index (κ3) is 4.69. The quantitative estimate of drug-likeness (QED) is 0.826. The van der Waals surface area contributed by atoms with Crippen LogP contribution in [0.3, 0.4) is 0 Å². The van der Waals surface area contributed by atoms with Gasteiger partial charge in [0.2, 0.25) is 0 Å². The first-order chi connectivity index (χ1) is 8.45. The Morgan fingerprint density at radius 2 is 1.78 bits per heavy atom. The van der Waals surface area contributed by atoms with Crippen molar-refractivity contribution in [2.45, 2.75) is 38.5 Å². The topological polar surface area (TPSA) is 46.2 Å². The molecule has 0 atom stereocenters. The minimum Gasteiger partial charge on any atom is -0.385 e. The van der Waals surface area contributed by atoms with Gasteiger partial charge in [0, 0.05) is 12.2 Å². The number of nitrogens with one attached hydrogen (secondary N) is 1. The minimum atomic E-state index is -3.09. The zero-order valence-electron chi connectivity index (χ0n) is 11.4. The Balaban J connectivity index is 2.63. The summed E-state index contributed by atoms with van der Waals surface area (Å²) in [4.78, 5) is 0.416. The Kier molecular flexibility index (Phi) is 5.66. The molecule has 1 aromatic carbocycles.